The zero-order valence-corrected chi connectivity index (χ0v) is 18.6. The Morgan fingerprint density at radius 1 is 1.17 bits per heavy atom. The highest BCUT2D eigenvalue weighted by Crippen LogP contribution is 2.27. The number of hydrogen-bond acceptors (Lipinski definition) is 5. The third-order valence-corrected chi connectivity index (χ3v) is 5.23. The highest BCUT2D eigenvalue weighted by molar-refractivity contribution is 7.59. The molecular formula is C19H37N3O5S2. The number of Topliss-reactive ketones (excluding diaryl/α,β-unsaturated/α-hetero) is 1. The molecule has 0 aliphatic carbocycles. The third kappa shape index (κ3) is 6.77. The van der Waals surface area contributed by atoms with Gasteiger partial charge in [0.05, 0.1) is 19.3 Å². The molecular weight excluding hydrogens is 414 g/mol. The first-order valence-corrected chi connectivity index (χ1v) is 9.55. The monoisotopic (exact) mass is 451 g/mol. The number of piperidine rings is 1. The normalized spacial score (nSPS) is 24.6. The van der Waals surface area contributed by atoms with Crippen LogP contribution in [0.3, 0.4) is 0 Å². The second kappa shape index (κ2) is 12.7. The van der Waals surface area contributed by atoms with E-state index in [1.165, 1.54) is 0 Å². The van der Waals surface area contributed by atoms with E-state index in [4.69, 9.17) is 9.47 Å². The molecule has 0 spiro atoms. The first kappa shape index (κ1) is 28.0. The van der Waals surface area contributed by atoms with E-state index in [0.717, 1.165) is 12.8 Å². The van der Waals surface area contributed by atoms with Gasteiger partial charge in [-0.25, -0.2) is 4.79 Å². The van der Waals surface area contributed by atoms with Crippen molar-refractivity contribution in [1.82, 2.24) is 15.1 Å². The molecule has 0 saturated carbocycles. The van der Waals surface area contributed by atoms with Gasteiger partial charge in [0.25, 0.3) is 0 Å². The number of likely N-dealkylation sites (tertiary alicyclic amines) is 1. The smallest absolute Gasteiger partial charge is 0.318 e. The van der Waals surface area contributed by atoms with Gasteiger partial charge in [-0.1, -0.05) is 21.3 Å². The Hall–Kier alpha value is -0.970. The van der Waals surface area contributed by atoms with Crippen LogP contribution in [0.15, 0.2) is 0 Å². The molecule has 0 aromatic carbocycles. The van der Waals surface area contributed by atoms with E-state index in [1.807, 2.05) is 13.8 Å². The average molecular weight is 452 g/mol. The van der Waals surface area contributed by atoms with E-state index in [0.29, 0.717) is 39.3 Å². The van der Waals surface area contributed by atoms with Gasteiger partial charge in [0.2, 0.25) is 5.91 Å². The lowest BCUT2D eigenvalue weighted by molar-refractivity contribution is -0.142. The molecule has 0 aromatic heterocycles. The van der Waals surface area contributed by atoms with Gasteiger partial charge < -0.3 is 24.6 Å². The lowest BCUT2D eigenvalue weighted by Gasteiger charge is -2.38. The van der Waals surface area contributed by atoms with Crippen molar-refractivity contribution in [3.63, 3.8) is 0 Å². The molecule has 3 rings (SSSR count). The van der Waals surface area contributed by atoms with Crippen molar-refractivity contribution in [3.05, 3.63) is 0 Å². The molecule has 3 aliphatic heterocycles. The minimum absolute atomic E-state index is 0. The molecule has 3 heterocycles. The highest BCUT2D eigenvalue weighted by atomic mass is 32.1. The van der Waals surface area contributed by atoms with Crippen LogP contribution in [0.4, 0.5) is 4.79 Å². The fraction of sp³-hybridized carbons (Fsp3) is 0.842. The zero-order chi connectivity index (χ0) is 18.7. The van der Waals surface area contributed by atoms with Gasteiger partial charge in [-0.2, -0.15) is 27.0 Å². The molecule has 3 aliphatic rings. The summed E-state index contributed by atoms with van der Waals surface area (Å²) in [7, 11) is 0. The van der Waals surface area contributed by atoms with Crippen molar-refractivity contribution in [2.24, 2.45) is 5.92 Å². The predicted molar refractivity (Wildman–Crippen MR) is 121 cm³/mol. The number of ketones is 1. The van der Waals surface area contributed by atoms with Gasteiger partial charge >= 0.3 is 6.03 Å². The zero-order valence-electron chi connectivity index (χ0n) is 16.6. The van der Waals surface area contributed by atoms with Crippen molar-refractivity contribution < 1.29 is 23.9 Å². The molecule has 3 fully saturated rings. The number of carbonyl (C=O) groups excluding carboxylic acids is 3. The van der Waals surface area contributed by atoms with Gasteiger partial charge in [-0.05, 0) is 25.2 Å². The van der Waals surface area contributed by atoms with Crippen molar-refractivity contribution in [1.29, 1.82) is 0 Å². The molecule has 0 aromatic rings. The van der Waals surface area contributed by atoms with Crippen LogP contribution in [0.25, 0.3) is 0 Å². The number of fused-ring (bicyclic) bond motifs is 1. The predicted octanol–water partition coefficient (Wildman–Crippen LogP) is 1.26. The molecule has 10 heteroatoms. The Morgan fingerprint density at radius 3 is 2.45 bits per heavy atom. The van der Waals surface area contributed by atoms with E-state index in [-0.39, 0.29) is 70.8 Å². The number of urea groups is 1. The van der Waals surface area contributed by atoms with Crippen molar-refractivity contribution >= 4 is 44.7 Å². The number of nitrogens with one attached hydrogen (secondary N) is 1. The molecule has 0 bridgehead atoms. The van der Waals surface area contributed by atoms with Crippen LogP contribution in [0.5, 0.6) is 0 Å². The highest BCUT2D eigenvalue weighted by Gasteiger charge is 2.45. The van der Waals surface area contributed by atoms with Crippen molar-refractivity contribution in [2.45, 2.75) is 58.7 Å². The lowest BCUT2D eigenvalue weighted by Crippen LogP contribution is -2.59. The molecule has 29 heavy (non-hydrogen) atoms. The summed E-state index contributed by atoms with van der Waals surface area (Å²) in [6, 6.07) is -1.36. The van der Waals surface area contributed by atoms with Gasteiger partial charge in [0.15, 0.2) is 5.78 Å². The van der Waals surface area contributed by atoms with E-state index < -0.39 is 12.1 Å². The topological polar surface area (TPSA) is 88.2 Å². The standard InChI is InChI=1S/C18H29N3O5.CH4.2H2S/c1-12(2)10-13(19-18(24)20-6-8-25-9-7-20)17(23)21-5-3-4-15-16(21)14(22)11-26-15;;;/h12-13,15-16H,3-11H2,1-2H3,(H,19,24);1H4;2*1H2/t13-,15+,16+;;;/m0.../s1. The summed E-state index contributed by atoms with van der Waals surface area (Å²) < 4.78 is 10.8. The largest absolute Gasteiger partial charge is 0.378 e. The molecule has 0 unspecified atom stereocenters. The number of morpholine rings is 1. The number of nitrogens with zero attached hydrogens (tertiary/aromatic N) is 2. The summed E-state index contributed by atoms with van der Waals surface area (Å²) in [5, 5.41) is 2.90. The fourth-order valence-electron chi connectivity index (χ4n) is 3.94. The molecule has 1 N–H and O–H groups in total. The maximum Gasteiger partial charge on any atom is 0.318 e. The first-order chi connectivity index (χ1) is 12.5. The fourth-order valence-corrected chi connectivity index (χ4v) is 3.94. The van der Waals surface area contributed by atoms with Crippen LogP contribution in [0, 0.1) is 5.92 Å². The second-order valence-electron chi connectivity index (χ2n) is 7.67. The Labute approximate surface area is 187 Å². The summed E-state index contributed by atoms with van der Waals surface area (Å²) in [6.07, 6.45) is 1.95. The van der Waals surface area contributed by atoms with E-state index in [2.05, 4.69) is 5.32 Å². The maximum absolute atomic E-state index is 13.2. The van der Waals surface area contributed by atoms with Gasteiger partial charge in [0, 0.05) is 19.6 Å². The van der Waals surface area contributed by atoms with E-state index in [9.17, 15) is 14.4 Å². The SMILES string of the molecule is C.CC(C)C[C@H](NC(=O)N1CCOCC1)C(=O)N1CCC[C@H]2OCC(=O)[C@H]21.S.S. The van der Waals surface area contributed by atoms with Crippen molar-refractivity contribution in [2.75, 3.05) is 39.5 Å². The second-order valence-corrected chi connectivity index (χ2v) is 7.67. The minimum Gasteiger partial charge on any atom is -0.378 e. The summed E-state index contributed by atoms with van der Waals surface area (Å²) in [5.74, 6) is 0.0322. The molecule has 3 amide bonds. The van der Waals surface area contributed by atoms with E-state index in [1.54, 1.807) is 9.80 Å². The summed E-state index contributed by atoms with van der Waals surface area (Å²) in [5.41, 5.74) is 0. The van der Waals surface area contributed by atoms with Gasteiger partial charge in [0.1, 0.15) is 18.7 Å². The van der Waals surface area contributed by atoms with E-state index >= 15 is 0 Å². The summed E-state index contributed by atoms with van der Waals surface area (Å²) in [4.78, 5) is 41.3. The Kier molecular flexibility index (Phi) is 12.2. The Morgan fingerprint density at radius 2 is 1.83 bits per heavy atom. The molecule has 8 nitrogen and oxygen atoms in total. The quantitative estimate of drug-likeness (QED) is 0.695. The van der Waals surface area contributed by atoms with Gasteiger partial charge in [-0.3, -0.25) is 9.59 Å². The van der Waals surface area contributed by atoms with Crippen LogP contribution in [0.1, 0.15) is 40.5 Å². The van der Waals surface area contributed by atoms with Crippen LogP contribution in [0.2, 0.25) is 0 Å². The first-order valence-electron chi connectivity index (χ1n) is 9.55. The van der Waals surface area contributed by atoms with Crippen molar-refractivity contribution in [3.8, 4) is 0 Å². The minimum atomic E-state index is -0.627. The molecule has 170 valence electrons. The Bertz CT molecular complexity index is 558. The number of carbonyl (C=O) groups is 3. The van der Waals surface area contributed by atoms with Crippen LogP contribution in [-0.4, -0.2) is 85.2 Å². The maximum atomic E-state index is 13.2. The summed E-state index contributed by atoms with van der Waals surface area (Å²) in [6.45, 7) is 6.72. The molecule has 0 radical (unpaired) electrons. The summed E-state index contributed by atoms with van der Waals surface area (Å²) >= 11 is 0. The van der Waals surface area contributed by atoms with Gasteiger partial charge in [-0.15, -0.1) is 0 Å². The molecule has 3 atom stereocenters. The number of amides is 3. The van der Waals surface area contributed by atoms with Crippen LogP contribution < -0.4 is 5.32 Å². The number of ether oxygens (including phenoxy) is 2. The number of rotatable bonds is 4. The average Bonchev–Trinajstić information content (AvgIpc) is 3.02. The number of hydrogen-bond donors (Lipinski definition) is 1. The van der Waals surface area contributed by atoms with Crippen LogP contribution >= 0.6 is 27.0 Å². The van der Waals surface area contributed by atoms with Crippen LogP contribution in [-0.2, 0) is 19.1 Å². The lowest BCUT2D eigenvalue weighted by atomic mass is 9.95. The molecule has 3 saturated heterocycles. The third-order valence-electron chi connectivity index (χ3n) is 5.23. The Balaban J connectivity index is 0.00000261.